The molecular formula is C28H27N5O2S. The van der Waals surface area contributed by atoms with Gasteiger partial charge in [-0.3, -0.25) is 14.6 Å². The van der Waals surface area contributed by atoms with E-state index in [1.54, 1.807) is 17.3 Å². The highest BCUT2D eigenvalue weighted by Gasteiger charge is 2.25. The van der Waals surface area contributed by atoms with Crippen molar-refractivity contribution < 1.29 is 9.59 Å². The normalized spacial score (nSPS) is 12.1. The first-order chi connectivity index (χ1) is 17.5. The molecule has 0 fully saturated rings. The third-order valence-corrected chi connectivity index (χ3v) is 7.22. The van der Waals surface area contributed by atoms with Crippen molar-refractivity contribution in [2.75, 3.05) is 4.90 Å². The van der Waals surface area contributed by atoms with Crippen molar-refractivity contribution in [2.45, 2.75) is 39.3 Å². The van der Waals surface area contributed by atoms with E-state index in [0.717, 1.165) is 44.6 Å². The van der Waals surface area contributed by atoms with E-state index < -0.39 is 0 Å². The number of anilines is 1. The Morgan fingerprint density at radius 3 is 2.75 bits per heavy atom. The van der Waals surface area contributed by atoms with Gasteiger partial charge in [-0.05, 0) is 66.8 Å². The van der Waals surface area contributed by atoms with Crippen LogP contribution in [0.4, 0.5) is 5.69 Å². The lowest BCUT2D eigenvalue weighted by Crippen LogP contribution is -2.33. The number of carbonyl (C=O) groups excluding carboxylic acids is 2. The topological polar surface area (TPSA) is 91.0 Å². The van der Waals surface area contributed by atoms with Crippen molar-refractivity contribution in [3.05, 3.63) is 89.3 Å². The Kier molecular flexibility index (Phi) is 6.77. The highest BCUT2D eigenvalue weighted by Crippen LogP contribution is 2.33. The number of nitrogens with zero attached hydrogens (tertiary/aromatic N) is 3. The highest BCUT2D eigenvalue weighted by atomic mass is 32.1. The van der Waals surface area contributed by atoms with Gasteiger partial charge in [0.1, 0.15) is 5.82 Å². The fourth-order valence-electron chi connectivity index (χ4n) is 4.28. The Morgan fingerprint density at radius 2 is 1.97 bits per heavy atom. The van der Waals surface area contributed by atoms with Crippen molar-refractivity contribution in [1.82, 2.24) is 20.3 Å². The minimum Gasteiger partial charge on any atom is -0.347 e. The van der Waals surface area contributed by atoms with Crippen molar-refractivity contribution in [1.29, 1.82) is 0 Å². The molecule has 36 heavy (non-hydrogen) atoms. The molecule has 1 atom stereocenters. The van der Waals surface area contributed by atoms with E-state index in [2.05, 4.69) is 15.3 Å². The number of para-hydroxylation sites is 2. The number of aromatic nitrogens is 3. The second-order valence-corrected chi connectivity index (χ2v) is 9.79. The maximum atomic E-state index is 13.3. The van der Waals surface area contributed by atoms with Gasteiger partial charge in [0, 0.05) is 35.7 Å². The zero-order valence-electron chi connectivity index (χ0n) is 20.2. The van der Waals surface area contributed by atoms with Gasteiger partial charge in [-0.1, -0.05) is 25.1 Å². The monoisotopic (exact) mass is 497 g/mol. The third-order valence-electron chi connectivity index (χ3n) is 6.10. The summed E-state index contributed by atoms with van der Waals surface area (Å²) >= 11 is 1.44. The van der Waals surface area contributed by atoms with E-state index >= 15 is 0 Å². The number of fused-ring (bicyclic) bond motifs is 2. The SMILES string of the molecule is CCCC(=O)N(c1ccc2sc(C(=O)NCc3cccnc3)cc2c1)C(C)c1nc2ccccc2[nH]1. The summed E-state index contributed by atoms with van der Waals surface area (Å²) in [4.78, 5) is 40.7. The molecule has 0 spiro atoms. The highest BCUT2D eigenvalue weighted by molar-refractivity contribution is 7.20. The number of nitrogens with one attached hydrogen (secondary N) is 2. The van der Waals surface area contributed by atoms with Gasteiger partial charge in [-0.15, -0.1) is 11.3 Å². The molecule has 1 unspecified atom stereocenters. The molecule has 0 aliphatic carbocycles. The maximum Gasteiger partial charge on any atom is 0.261 e. The number of hydrogen-bond acceptors (Lipinski definition) is 5. The quantitative estimate of drug-likeness (QED) is 0.275. The molecule has 2 aromatic carbocycles. The predicted molar refractivity (Wildman–Crippen MR) is 144 cm³/mol. The molecule has 0 saturated heterocycles. The molecule has 3 aromatic heterocycles. The van der Waals surface area contributed by atoms with Crippen LogP contribution >= 0.6 is 11.3 Å². The zero-order valence-corrected chi connectivity index (χ0v) is 21.0. The number of H-pyrrole nitrogens is 1. The summed E-state index contributed by atoms with van der Waals surface area (Å²) in [5, 5.41) is 3.88. The van der Waals surface area contributed by atoms with Gasteiger partial charge in [0.2, 0.25) is 5.91 Å². The standard InChI is InChI=1S/C28H27N5O2S/c1-3-7-26(34)33(18(2)27-31-22-9-4-5-10-23(22)32-27)21-11-12-24-20(14-21)15-25(36-24)28(35)30-17-19-8-6-13-29-16-19/h4-6,8-16,18H,3,7,17H2,1-2H3,(H,30,35)(H,31,32). The average Bonchev–Trinajstić information content (AvgIpc) is 3.52. The van der Waals surface area contributed by atoms with Crippen molar-refractivity contribution in [3.8, 4) is 0 Å². The molecule has 5 aromatic rings. The lowest BCUT2D eigenvalue weighted by Gasteiger charge is -2.28. The van der Waals surface area contributed by atoms with Gasteiger partial charge >= 0.3 is 0 Å². The minimum absolute atomic E-state index is 0.0365. The largest absolute Gasteiger partial charge is 0.347 e. The molecule has 2 N–H and O–H groups in total. The van der Waals surface area contributed by atoms with Gasteiger partial charge in [-0.25, -0.2) is 4.98 Å². The Labute approximate surface area is 213 Å². The molecule has 7 nitrogen and oxygen atoms in total. The average molecular weight is 498 g/mol. The number of carbonyl (C=O) groups is 2. The summed E-state index contributed by atoms with van der Waals surface area (Å²) in [5.74, 6) is 0.646. The first-order valence-corrected chi connectivity index (χ1v) is 12.8. The Bertz CT molecular complexity index is 1490. The Hall–Kier alpha value is -4.04. The fraction of sp³-hybridized carbons (Fsp3) is 0.214. The van der Waals surface area contributed by atoms with Crippen LogP contribution in [0.25, 0.3) is 21.1 Å². The molecule has 0 radical (unpaired) electrons. The van der Waals surface area contributed by atoms with Crippen LogP contribution in [0, 0.1) is 0 Å². The van der Waals surface area contributed by atoms with Gasteiger partial charge in [-0.2, -0.15) is 0 Å². The van der Waals surface area contributed by atoms with E-state index in [-0.39, 0.29) is 17.9 Å². The molecule has 5 rings (SSSR count). The van der Waals surface area contributed by atoms with Crippen LogP contribution in [0.15, 0.2) is 73.1 Å². The smallest absolute Gasteiger partial charge is 0.261 e. The van der Waals surface area contributed by atoms with Gasteiger partial charge in [0.05, 0.1) is 22.0 Å². The first kappa shape index (κ1) is 23.7. The fourth-order valence-corrected chi connectivity index (χ4v) is 5.23. The molecular weight excluding hydrogens is 470 g/mol. The summed E-state index contributed by atoms with van der Waals surface area (Å²) in [6.45, 7) is 4.40. The van der Waals surface area contributed by atoms with E-state index in [4.69, 9.17) is 4.98 Å². The minimum atomic E-state index is -0.283. The zero-order chi connectivity index (χ0) is 25.1. The molecule has 2 amide bonds. The van der Waals surface area contributed by atoms with E-state index in [9.17, 15) is 9.59 Å². The van der Waals surface area contributed by atoms with Crippen LogP contribution in [-0.2, 0) is 11.3 Å². The van der Waals surface area contributed by atoms with E-state index in [1.165, 1.54) is 11.3 Å². The molecule has 182 valence electrons. The summed E-state index contributed by atoms with van der Waals surface area (Å²) in [6, 6.07) is 19.1. The number of thiophene rings is 1. The van der Waals surface area contributed by atoms with Crippen LogP contribution in [-0.4, -0.2) is 26.8 Å². The molecule has 8 heteroatoms. The molecule has 3 heterocycles. The van der Waals surface area contributed by atoms with Gasteiger partial charge in [0.15, 0.2) is 0 Å². The lowest BCUT2D eigenvalue weighted by molar-refractivity contribution is -0.119. The summed E-state index contributed by atoms with van der Waals surface area (Å²) in [7, 11) is 0. The van der Waals surface area contributed by atoms with Crippen LogP contribution in [0.3, 0.4) is 0 Å². The number of hydrogen-bond donors (Lipinski definition) is 2. The maximum absolute atomic E-state index is 13.3. The van der Waals surface area contributed by atoms with Crippen molar-refractivity contribution >= 4 is 50.0 Å². The lowest BCUT2D eigenvalue weighted by atomic mass is 10.1. The second-order valence-electron chi connectivity index (χ2n) is 8.71. The third kappa shape index (κ3) is 4.85. The summed E-state index contributed by atoms with van der Waals surface area (Å²) < 4.78 is 0.990. The van der Waals surface area contributed by atoms with Gasteiger partial charge < -0.3 is 15.2 Å². The number of imidazole rings is 1. The predicted octanol–water partition coefficient (Wildman–Crippen LogP) is 6.00. The van der Waals surface area contributed by atoms with Crippen LogP contribution in [0.5, 0.6) is 0 Å². The van der Waals surface area contributed by atoms with Gasteiger partial charge in [0.25, 0.3) is 5.91 Å². The van der Waals surface area contributed by atoms with Crippen LogP contribution < -0.4 is 10.2 Å². The second kappa shape index (κ2) is 10.3. The van der Waals surface area contributed by atoms with E-state index in [1.807, 2.05) is 74.5 Å². The molecule has 0 aliphatic rings. The Morgan fingerprint density at radius 1 is 1.11 bits per heavy atom. The first-order valence-electron chi connectivity index (χ1n) is 12.0. The van der Waals surface area contributed by atoms with Crippen molar-refractivity contribution in [2.24, 2.45) is 0 Å². The number of benzene rings is 2. The summed E-state index contributed by atoms with van der Waals surface area (Å²) in [5.41, 5.74) is 3.54. The van der Waals surface area contributed by atoms with E-state index in [0.29, 0.717) is 17.8 Å². The number of amides is 2. The van der Waals surface area contributed by atoms with Crippen LogP contribution in [0.1, 0.15) is 53.8 Å². The van der Waals surface area contributed by atoms with Crippen LogP contribution in [0.2, 0.25) is 0 Å². The molecule has 0 bridgehead atoms. The number of aromatic amines is 1. The number of pyridine rings is 1. The summed E-state index contributed by atoms with van der Waals surface area (Å²) in [6.07, 6.45) is 4.64. The van der Waals surface area contributed by atoms with Crippen molar-refractivity contribution in [3.63, 3.8) is 0 Å². The molecule has 0 aliphatic heterocycles. The number of rotatable bonds is 8. The molecule has 0 saturated carbocycles. The Balaban J connectivity index is 1.43.